The average Bonchev–Trinajstić information content (AvgIpc) is 3.54. The highest BCUT2D eigenvalue weighted by Gasteiger charge is 2.24. The quantitative estimate of drug-likeness (QED) is 0.492. The molecule has 3 aromatic carbocycles. The Balaban J connectivity index is 1.56. The number of hydrogen-bond donors (Lipinski definition) is 1. The van der Waals surface area contributed by atoms with E-state index in [9.17, 15) is 4.79 Å². The van der Waals surface area contributed by atoms with Gasteiger partial charge in [-0.3, -0.25) is 4.79 Å². The van der Waals surface area contributed by atoms with Gasteiger partial charge >= 0.3 is 0 Å². The second kappa shape index (κ2) is 8.27. The Morgan fingerprint density at radius 1 is 0.935 bits per heavy atom. The van der Waals surface area contributed by atoms with Gasteiger partial charge in [-0.2, -0.15) is 5.10 Å². The van der Waals surface area contributed by atoms with Crippen molar-refractivity contribution in [2.24, 2.45) is 5.92 Å². The number of carbonyl (C=O) groups excluding carboxylic acids is 1. The van der Waals surface area contributed by atoms with Crippen LogP contribution in [0.5, 0.6) is 0 Å². The third-order valence-corrected chi connectivity index (χ3v) is 5.64. The van der Waals surface area contributed by atoms with Crippen LogP contribution in [-0.2, 0) is 0 Å². The fourth-order valence-electron chi connectivity index (χ4n) is 3.75. The van der Waals surface area contributed by atoms with E-state index in [-0.39, 0.29) is 5.91 Å². The predicted molar refractivity (Wildman–Crippen MR) is 125 cm³/mol. The minimum atomic E-state index is -0.0933. The summed E-state index contributed by atoms with van der Waals surface area (Å²) in [6.45, 7) is 0.717. The second-order valence-electron chi connectivity index (χ2n) is 8.01. The Bertz CT molecular complexity index is 1210. The molecule has 5 heteroatoms. The molecule has 0 atom stereocenters. The van der Waals surface area contributed by atoms with Crippen molar-refractivity contribution in [2.45, 2.75) is 12.8 Å². The number of carbonyl (C=O) groups is 1. The molecule has 4 aromatic rings. The van der Waals surface area contributed by atoms with Crippen molar-refractivity contribution < 1.29 is 4.79 Å². The molecule has 0 saturated heterocycles. The van der Waals surface area contributed by atoms with Crippen LogP contribution in [0.25, 0.3) is 28.1 Å². The molecule has 0 unspecified atom stereocenters. The van der Waals surface area contributed by atoms with Crippen molar-refractivity contribution in [1.29, 1.82) is 0 Å². The molecule has 31 heavy (non-hydrogen) atoms. The standard InChI is InChI=1S/C26H22BN3O/c27-22-7-4-8-23(15-22)30-25(24(17-29-30)26(31)28-16-18-9-10-18)21-13-11-20(12-14-21)19-5-2-1-3-6-19/h1-8,11-15,17-18H,9-10,16H2,(H,28,31). The molecule has 0 bridgehead atoms. The van der Waals surface area contributed by atoms with Crippen LogP contribution >= 0.6 is 0 Å². The van der Waals surface area contributed by atoms with Crippen molar-refractivity contribution in [3.05, 3.63) is 90.6 Å². The number of aromatic nitrogens is 2. The molecule has 1 aliphatic rings. The summed E-state index contributed by atoms with van der Waals surface area (Å²) in [7, 11) is 6.00. The molecular weight excluding hydrogens is 381 g/mol. The SMILES string of the molecule is [B]c1cccc(-n2ncc(C(=O)NCC3CC3)c2-c2ccc(-c3ccccc3)cc2)c1. The molecule has 0 aliphatic heterocycles. The van der Waals surface area contributed by atoms with Gasteiger partial charge in [0.05, 0.1) is 23.1 Å². The van der Waals surface area contributed by atoms with Gasteiger partial charge in [0.25, 0.3) is 5.91 Å². The summed E-state index contributed by atoms with van der Waals surface area (Å²) in [6.07, 6.45) is 4.03. The van der Waals surface area contributed by atoms with E-state index in [1.165, 1.54) is 12.8 Å². The maximum Gasteiger partial charge on any atom is 0.255 e. The van der Waals surface area contributed by atoms with Crippen LogP contribution in [0.15, 0.2) is 85.1 Å². The minimum Gasteiger partial charge on any atom is -0.352 e. The molecule has 150 valence electrons. The number of rotatable bonds is 6. The van der Waals surface area contributed by atoms with E-state index in [1.54, 1.807) is 10.9 Å². The lowest BCUT2D eigenvalue weighted by Crippen LogP contribution is -2.25. The molecule has 1 fully saturated rings. The van der Waals surface area contributed by atoms with Gasteiger partial charge in [0.2, 0.25) is 0 Å². The molecule has 0 spiro atoms. The Kier molecular flexibility index (Phi) is 5.17. The van der Waals surface area contributed by atoms with E-state index in [0.29, 0.717) is 23.5 Å². The van der Waals surface area contributed by atoms with E-state index >= 15 is 0 Å². The van der Waals surface area contributed by atoms with E-state index in [1.807, 2.05) is 54.6 Å². The highest BCUT2D eigenvalue weighted by Crippen LogP contribution is 2.30. The first-order valence-electron chi connectivity index (χ1n) is 10.6. The predicted octanol–water partition coefficient (Wildman–Crippen LogP) is 4.14. The topological polar surface area (TPSA) is 46.9 Å². The molecule has 4 nitrogen and oxygen atoms in total. The molecule has 1 N–H and O–H groups in total. The maximum atomic E-state index is 13.0. The summed E-state index contributed by atoms with van der Waals surface area (Å²) in [6, 6.07) is 26.0. The lowest BCUT2D eigenvalue weighted by Gasteiger charge is -2.12. The number of benzene rings is 3. The van der Waals surface area contributed by atoms with E-state index in [0.717, 1.165) is 28.1 Å². The van der Waals surface area contributed by atoms with E-state index in [4.69, 9.17) is 7.85 Å². The van der Waals surface area contributed by atoms with Crippen LogP contribution in [0.4, 0.5) is 0 Å². The van der Waals surface area contributed by atoms with Crippen LogP contribution in [0.3, 0.4) is 0 Å². The normalized spacial score (nSPS) is 13.2. The second-order valence-corrected chi connectivity index (χ2v) is 8.01. The highest BCUT2D eigenvalue weighted by atomic mass is 16.1. The van der Waals surface area contributed by atoms with E-state index in [2.05, 4.69) is 34.7 Å². The van der Waals surface area contributed by atoms with Crippen molar-refractivity contribution >= 4 is 19.2 Å². The summed E-state index contributed by atoms with van der Waals surface area (Å²) < 4.78 is 1.79. The summed E-state index contributed by atoms with van der Waals surface area (Å²) in [4.78, 5) is 13.0. The summed E-state index contributed by atoms with van der Waals surface area (Å²) in [5.41, 5.74) is 6.01. The lowest BCUT2D eigenvalue weighted by atomic mass is 9.96. The third kappa shape index (κ3) is 4.17. The Hall–Kier alpha value is -3.60. The Labute approximate surface area is 183 Å². The summed E-state index contributed by atoms with van der Waals surface area (Å²) in [5, 5.41) is 7.62. The smallest absolute Gasteiger partial charge is 0.255 e. The van der Waals surface area contributed by atoms with Crippen molar-refractivity contribution in [3.8, 4) is 28.1 Å². The van der Waals surface area contributed by atoms with Gasteiger partial charge < -0.3 is 5.32 Å². The minimum absolute atomic E-state index is 0.0933. The fourth-order valence-corrected chi connectivity index (χ4v) is 3.75. The average molecular weight is 403 g/mol. The number of nitrogens with zero attached hydrogens (tertiary/aromatic N) is 2. The largest absolute Gasteiger partial charge is 0.352 e. The molecule has 1 aliphatic carbocycles. The fraction of sp³-hybridized carbons (Fsp3) is 0.154. The molecule has 1 aromatic heterocycles. The van der Waals surface area contributed by atoms with Crippen LogP contribution in [-0.4, -0.2) is 30.1 Å². The van der Waals surface area contributed by atoms with Crippen LogP contribution in [0.2, 0.25) is 0 Å². The van der Waals surface area contributed by atoms with Gasteiger partial charge in [-0.25, -0.2) is 4.68 Å². The maximum absolute atomic E-state index is 13.0. The number of amides is 1. The molecule has 5 rings (SSSR count). The van der Waals surface area contributed by atoms with Gasteiger partial charge in [0.15, 0.2) is 0 Å². The molecular formula is C26H22BN3O. The Morgan fingerprint density at radius 2 is 1.65 bits per heavy atom. The van der Waals surface area contributed by atoms with Crippen LogP contribution in [0.1, 0.15) is 23.2 Å². The first-order valence-corrected chi connectivity index (χ1v) is 10.6. The van der Waals surface area contributed by atoms with Gasteiger partial charge in [0, 0.05) is 12.1 Å². The van der Waals surface area contributed by atoms with Crippen molar-refractivity contribution in [3.63, 3.8) is 0 Å². The van der Waals surface area contributed by atoms with Crippen molar-refractivity contribution in [2.75, 3.05) is 6.54 Å². The van der Waals surface area contributed by atoms with Gasteiger partial charge in [0.1, 0.15) is 7.85 Å². The molecule has 2 radical (unpaired) electrons. The Morgan fingerprint density at radius 3 is 2.35 bits per heavy atom. The first kappa shape index (κ1) is 19.4. The monoisotopic (exact) mass is 403 g/mol. The first-order chi connectivity index (χ1) is 15.2. The van der Waals surface area contributed by atoms with Crippen molar-refractivity contribution in [1.82, 2.24) is 15.1 Å². The third-order valence-electron chi connectivity index (χ3n) is 5.64. The van der Waals surface area contributed by atoms with Gasteiger partial charge in [-0.15, -0.1) is 0 Å². The molecule has 1 amide bonds. The lowest BCUT2D eigenvalue weighted by molar-refractivity contribution is 0.0952. The zero-order valence-electron chi connectivity index (χ0n) is 17.2. The molecule has 1 saturated carbocycles. The number of nitrogens with one attached hydrogen (secondary N) is 1. The van der Waals surface area contributed by atoms with Gasteiger partial charge in [-0.05, 0) is 42.0 Å². The van der Waals surface area contributed by atoms with E-state index < -0.39 is 0 Å². The van der Waals surface area contributed by atoms with Gasteiger partial charge in [-0.1, -0.05) is 72.2 Å². The summed E-state index contributed by atoms with van der Waals surface area (Å²) >= 11 is 0. The van der Waals surface area contributed by atoms with Crippen LogP contribution < -0.4 is 10.8 Å². The highest BCUT2D eigenvalue weighted by molar-refractivity contribution is 6.32. The zero-order valence-corrected chi connectivity index (χ0v) is 17.2. The van der Waals surface area contributed by atoms with Crippen LogP contribution in [0, 0.1) is 5.92 Å². The zero-order chi connectivity index (χ0) is 21.2. The summed E-state index contributed by atoms with van der Waals surface area (Å²) in [5.74, 6) is 0.519. The molecule has 1 heterocycles. The number of hydrogen-bond acceptors (Lipinski definition) is 2.